The molecule has 98 valence electrons. The summed E-state index contributed by atoms with van der Waals surface area (Å²) in [5.74, 6) is -8.02. The van der Waals surface area contributed by atoms with E-state index in [0.717, 1.165) is 20.4 Å². The van der Waals surface area contributed by atoms with Gasteiger partial charge in [-0.05, 0) is 0 Å². The summed E-state index contributed by atoms with van der Waals surface area (Å²) in [7, 11) is 0. The van der Waals surface area contributed by atoms with Crippen LogP contribution in [0.4, 0.5) is 0 Å². The molecule has 0 unspecified atom stereocenters. The van der Waals surface area contributed by atoms with E-state index in [0.29, 0.717) is 0 Å². The van der Waals surface area contributed by atoms with Crippen LogP contribution in [0.2, 0.25) is 0 Å². The monoisotopic (exact) mass is 636 g/mol. The van der Waals surface area contributed by atoms with E-state index in [9.17, 15) is 0 Å². The first-order valence-electron chi connectivity index (χ1n) is 2.38. The fourth-order valence-corrected chi connectivity index (χ4v) is 0. The fraction of sp³-hybridized carbons (Fsp3) is 0. The van der Waals surface area contributed by atoms with Crippen LogP contribution in [-0.4, -0.2) is 34.1 Å². The van der Waals surface area contributed by atoms with E-state index in [-0.39, 0.29) is 44.8 Å². The maximum atomic E-state index is 9.04. The fourth-order valence-electron chi connectivity index (χ4n) is 0. The predicted molar refractivity (Wildman–Crippen MR) is 26.0 cm³/mol. The number of rotatable bonds is 0. The Bertz CT molecular complexity index is 194. The molecule has 0 aliphatic carbocycles. The van der Waals surface area contributed by atoms with Crippen LogP contribution < -0.4 is 10.2 Å². The van der Waals surface area contributed by atoms with Crippen LogP contribution in [-0.2, 0) is 87.7 Å². The molecule has 0 spiro atoms. The number of carbonyl (C=O) groups is 4. The molecule has 16 heavy (non-hydrogen) atoms. The zero-order chi connectivity index (χ0) is 12.3. The summed E-state index contributed by atoms with van der Waals surface area (Å²) < 4.78 is 8.25. The first kappa shape index (κ1) is 29.7. The van der Waals surface area contributed by atoms with Crippen LogP contribution in [0, 0.1) is 0 Å². The third-order valence-corrected chi connectivity index (χ3v) is 0.349. The second kappa shape index (κ2) is 20.3. The van der Waals surface area contributed by atoms with Gasteiger partial charge >= 0.3 is 80.4 Å². The van der Waals surface area contributed by atoms with Gasteiger partial charge < -0.3 is 30.0 Å². The molecule has 0 atom stereocenters. The summed E-state index contributed by atoms with van der Waals surface area (Å²) in [5.41, 5.74) is 0. The number of aliphatic carboxylic acids is 4. The third kappa shape index (κ3) is 37.1. The Kier molecular flexibility index (Phi) is 37.7. The second-order valence-corrected chi connectivity index (χ2v) is 1.19. The van der Waals surface area contributed by atoms with Gasteiger partial charge in [-0.3, -0.25) is 0 Å². The van der Waals surface area contributed by atoms with Gasteiger partial charge in [0.2, 0.25) is 0 Å². The summed E-state index contributed by atoms with van der Waals surface area (Å²) >= 11 is 0.750. The Morgan fingerprint density at radius 1 is 0.750 bits per heavy atom. The Balaban J connectivity index is -0.0000000393. The molecule has 0 heterocycles. The average molecular weight is 636 g/mol. The molecule has 0 aliphatic rings. The molecule has 0 fully saturated rings. The van der Waals surface area contributed by atoms with E-state index in [2.05, 4.69) is 0 Å². The predicted octanol–water partition coefficient (Wildman–Crippen LogP) is -4.48. The van der Waals surface area contributed by atoms with E-state index < -0.39 is 23.9 Å². The van der Waals surface area contributed by atoms with Crippen molar-refractivity contribution >= 4 is 23.9 Å². The van der Waals surface area contributed by atoms with Gasteiger partial charge in [-0.2, -0.15) is 0 Å². The molecule has 0 amide bonds. The topological polar surface area (TPSA) is 172 Å². The zero-order valence-corrected chi connectivity index (χ0v) is 12.7. The molecule has 0 bridgehead atoms. The maximum absolute atomic E-state index is 9.04. The molecule has 0 saturated carbocycles. The third-order valence-electron chi connectivity index (χ3n) is 0.349. The number of hydrogen-bond donors (Lipinski definition) is 2. The summed E-state index contributed by atoms with van der Waals surface area (Å²) in [5, 5.41) is 32.6. The SMILES string of the molecule is O=C([O-])C(=O)O.O=C([O-])C(=O)O.[Au+].[Au+].[O]=[Ti]. The first-order chi connectivity index (χ1) is 6.29. The van der Waals surface area contributed by atoms with E-state index in [1.165, 1.54) is 0 Å². The number of carboxylic acid groups (broad SMARTS) is 4. The van der Waals surface area contributed by atoms with Gasteiger partial charge in [0.1, 0.15) is 0 Å². The molecule has 0 rings (SSSR count). The molecule has 12 heteroatoms. The summed E-state index contributed by atoms with van der Waals surface area (Å²) in [4.78, 5) is 36.1. The van der Waals surface area contributed by atoms with Crippen molar-refractivity contribution in [2.75, 3.05) is 0 Å². The van der Waals surface area contributed by atoms with E-state index in [4.69, 9.17) is 42.9 Å². The molecular weight excluding hydrogens is 634 g/mol. The molecular formula is C4H2Au2O9Ti. The van der Waals surface area contributed by atoms with Crippen molar-refractivity contribution in [3.05, 3.63) is 0 Å². The summed E-state index contributed by atoms with van der Waals surface area (Å²) in [6, 6.07) is 0. The van der Waals surface area contributed by atoms with Gasteiger partial charge in [-0.15, -0.1) is 0 Å². The standard InChI is InChI=1S/2C2H2O4.2Au.O.Ti/c2*3-1(4)2(5)6;;;;/h2*(H,3,4)(H,5,6);;;;/q;;2*+1;;/p-2. The molecule has 0 radical (unpaired) electrons. The minimum absolute atomic E-state index is 0. The Morgan fingerprint density at radius 2 is 0.812 bits per heavy atom. The van der Waals surface area contributed by atoms with Crippen LogP contribution in [0.1, 0.15) is 0 Å². The van der Waals surface area contributed by atoms with Crippen LogP contribution in [0.15, 0.2) is 0 Å². The van der Waals surface area contributed by atoms with Crippen LogP contribution in [0.25, 0.3) is 0 Å². The van der Waals surface area contributed by atoms with Crippen LogP contribution in [0.3, 0.4) is 0 Å². The van der Waals surface area contributed by atoms with Crippen molar-refractivity contribution in [3.8, 4) is 0 Å². The van der Waals surface area contributed by atoms with Gasteiger partial charge in [-0.25, -0.2) is 9.59 Å². The summed E-state index contributed by atoms with van der Waals surface area (Å²) in [6.07, 6.45) is 0. The van der Waals surface area contributed by atoms with Crippen molar-refractivity contribution in [2.45, 2.75) is 0 Å². The molecule has 0 saturated heterocycles. The van der Waals surface area contributed by atoms with Crippen LogP contribution in [0.5, 0.6) is 0 Å². The van der Waals surface area contributed by atoms with Crippen molar-refractivity contribution in [2.24, 2.45) is 0 Å². The Hall–Kier alpha value is -0.125. The van der Waals surface area contributed by atoms with Gasteiger partial charge in [-0.1, -0.05) is 0 Å². The number of hydrogen-bond acceptors (Lipinski definition) is 7. The molecule has 2 N–H and O–H groups in total. The van der Waals surface area contributed by atoms with Gasteiger partial charge in [0.25, 0.3) is 0 Å². The van der Waals surface area contributed by atoms with Crippen molar-refractivity contribution in [1.29, 1.82) is 0 Å². The quantitative estimate of drug-likeness (QED) is 0.197. The van der Waals surface area contributed by atoms with E-state index in [1.54, 1.807) is 0 Å². The molecule has 9 nitrogen and oxygen atoms in total. The average Bonchev–Trinajstić information content (AvgIpc) is 2.08. The Labute approximate surface area is 131 Å². The molecule has 0 aliphatic heterocycles. The van der Waals surface area contributed by atoms with Gasteiger partial charge in [0.15, 0.2) is 11.9 Å². The van der Waals surface area contributed by atoms with Crippen molar-refractivity contribution < 1.29 is 108 Å². The molecule has 0 aromatic carbocycles. The van der Waals surface area contributed by atoms with Gasteiger partial charge in [0, 0.05) is 0 Å². The van der Waals surface area contributed by atoms with E-state index in [1.807, 2.05) is 0 Å². The molecule has 0 aromatic heterocycles. The molecule has 0 aromatic rings. The zero-order valence-electron chi connectivity index (χ0n) is 6.86. The Morgan fingerprint density at radius 3 is 0.812 bits per heavy atom. The van der Waals surface area contributed by atoms with Crippen molar-refractivity contribution in [1.82, 2.24) is 0 Å². The normalized spacial score (nSPS) is 5.69. The number of carboxylic acids is 4. The minimum atomic E-state index is -2.07. The number of carbonyl (C=O) groups excluding carboxylic acids is 2. The van der Waals surface area contributed by atoms with E-state index >= 15 is 0 Å². The second-order valence-electron chi connectivity index (χ2n) is 1.19. The van der Waals surface area contributed by atoms with Gasteiger partial charge in [0.05, 0.1) is 0 Å². The van der Waals surface area contributed by atoms with Crippen molar-refractivity contribution in [3.63, 3.8) is 0 Å². The first-order valence-corrected chi connectivity index (χ1v) is 3.01. The van der Waals surface area contributed by atoms with Crippen LogP contribution >= 0.6 is 0 Å². The summed E-state index contributed by atoms with van der Waals surface area (Å²) in [6.45, 7) is 0.